The molecule has 0 bridgehead atoms. The first kappa shape index (κ1) is 10.5. The van der Waals surface area contributed by atoms with E-state index in [0.29, 0.717) is 5.92 Å². The maximum atomic E-state index is 11.1. The summed E-state index contributed by atoms with van der Waals surface area (Å²) >= 11 is 0. The average molecular weight is 185 g/mol. The van der Waals surface area contributed by atoms with Crippen LogP contribution in [0.3, 0.4) is 0 Å². The Bertz CT molecular complexity index is 176. The van der Waals surface area contributed by atoms with Gasteiger partial charge in [0.15, 0.2) is 0 Å². The van der Waals surface area contributed by atoms with Gasteiger partial charge in [0.25, 0.3) is 0 Å². The van der Waals surface area contributed by atoms with Gasteiger partial charge in [0.2, 0.25) is 5.91 Å². The highest BCUT2D eigenvalue weighted by molar-refractivity contribution is 5.73. The molecule has 0 aromatic heterocycles. The molecule has 1 aliphatic carbocycles. The van der Waals surface area contributed by atoms with Crippen molar-refractivity contribution in [1.82, 2.24) is 4.90 Å². The molecule has 0 aliphatic heterocycles. The molecule has 1 fully saturated rings. The highest BCUT2D eigenvalue weighted by Crippen LogP contribution is 2.29. The summed E-state index contributed by atoms with van der Waals surface area (Å²) in [5.41, 5.74) is 0. The van der Waals surface area contributed by atoms with Crippen molar-refractivity contribution in [2.45, 2.75) is 38.6 Å². The first-order valence-electron chi connectivity index (χ1n) is 5.01. The van der Waals surface area contributed by atoms with Gasteiger partial charge in [0.05, 0.1) is 12.6 Å². The van der Waals surface area contributed by atoms with Crippen LogP contribution in [0.2, 0.25) is 0 Å². The third-order valence-electron chi connectivity index (χ3n) is 3.13. The monoisotopic (exact) mass is 185 g/mol. The van der Waals surface area contributed by atoms with E-state index >= 15 is 0 Å². The molecule has 1 atom stereocenters. The summed E-state index contributed by atoms with van der Waals surface area (Å²) in [5.74, 6) is 0.560. The van der Waals surface area contributed by atoms with Gasteiger partial charge in [-0.15, -0.1) is 0 Å². The molecule has 1 amide bonds. The van der Waals surface area contributed by atoms with E-state index in [1.165, 1.54) is 12.8 Å². The van der Waals surface area contributed by atoms with Crippen molar-refractivity contribution in [3.63, 3.8) is 0 Å². The van der Waals surface area contributed by atoms with E-state index in [-0.39, 0.29) is 18.6 Å². The molecule has 13 heavy (non-hydrogen) atoms. The number of amides is 1. The Morgan fingerprint density at radius 2 is 2.08 bits per heavy atom. The minimum absolute atomic E-state index is 0.0417. The molecule has 1 N–H and O–H groups in total. The van der Waals surface area contributed by atoms with Gasteiger partial charge in [0.1, 0.15) is 0 Å². The van der Waals surface area contributed by atoms with Crippen molar-refractivity contribution < 1.29 is 9.90 Å². The minimum atomic E-state index is 0.0417. The highest BCUT2D eigenvalue weighted by Gasteiger charge is 2.28. The zero-order valence-electron chi connectivity index (χ0n) is 8.49. The molecule has 0 saturated heterocycles. The quantitative estimate of drug-likeness (QED) is 0.713. The van der Waals surface area contributed by atoms with E-state index in [4.69, 9.17) is 0 Å². The smallest absolute Gasteiger partial charge is 0.219 e. The van der Waals surface area contributed by atoms with Crippen LogP contribution in [0.25, 0.3) is 0 Å². The maximum absolute atomic E-state index is 11.1. The second kappa shape index (κ2) is 4.61. The van der Waals surface area contributed by atoms with Crippen LogP contribution >= 0.6 is 0 Å². The van der Waals surface area contributed by atoms with Gasteiger partial charge in [-0.1, -0.05) is 12.8 Å². The van der Waals surface area contributed by atoms with Gasteiger partial charge >= 0.3 is 0 Å². The molecule has 76 valence electrons. The normalized spacial score (nSPS) is 20.2. The van der Waals surface area contributed by atoms with Gasteiger partial charge in [-0.3, -0.25) is 4.79 Å². The predicted octanol–water partition coefficient (Wildman–Crippen LogP) is 1.02. The van der Waals surface area contributed by atoms with Crippen LogP contribution < -0.4 is 0 Å². The SMILES string of the molecule is CC(=O)N(C)C(CO)C1CCCC1. The Kier molecular flexibility index (Phi) is 3.72. The lowest BCUT2D eigenvalue weighted by Gasteiger charge is -2.30. The number of aliphatic hydroxyl groups is 1. The van der Waals surface area contributed by atoms with Crippen molar-refractivity contribution in [2.24, 2.45) is 5.92 Å². The van der Waals surface area contributed by atoms with Crippen LogP contribution in [0.5, 0.6) is 0 Å². The summed E-state index contributed by atoms with van der Waals surface area (Å²) in [6.45, 7) is 1.65. The fourth-order valence-electron chi connectivity index (χ4n) is 2.16. The molecule has 0 heterocycles. The lowest BCUT2D eigenvalue weighted by Crippen LogP contribution is -2.42. The summed E-state index contributed by atoms with van der Waals surface area (Å²) in [6.07, 6.45) is 4.80. The van der Waals surface area contributed by atoms with Crippen molar-refractivity contribution >= 4 is 5.91 Å². The van der Waals surface area contributed by atoms with E-state index in [1.807, 2.05) is 0 Å². The summed E-state index contributed by atoms with van der Waals surface area (Å²) < 4.78 is 0. The van der Waals surface area contributed by atoms with Crippen LogP contribution in [0.15, 0.2) is 0 Å². The molecule has 1 aliphatic rings. The molecular weight excluding hydrogens is 166 g/mol. The number of hydrogen-bond acceptors (Lipinski definition) is 2. The van der Waals surface area contributed by atoms with E-state index in [0.717, 1.165) is 12.8 Å². The molecule has 1 unspecified atom stereocenters. The zero-order valence-corrected chi connectivity index (χ0v) is 8.49. The van der Waals surface area contributed by atoms with Crippen molar-refractivity contribution in [3.05, 3.63) is 0 Å². The Balaban J connectivity index is 2.54. The number of hydrogen-bond donors (Lipinski definition) is 1. The topological polar surface area (TPSA) is 40.5 Å². The van der Waals surface area contributed by atoms with Crippen LogP contribution in [0.1, 0.15) is 32.6 Å². The van der Waals surface area contributed by atoms with Gasteiger partial charge < -0.3 is 10.0 Å². The number of rotatable bonds is 3. The molecule has 0 aromatic carbocycles. The summed E-state index contributed by atoms with van der Waals surface area (Å²) in [5, 5.41) is 9.21. The fourth-order valence-corrected chi connectivity index (χ4v) is 2.16. The standard InChI is InChI=1S/C10H19NO2/c1-8(13)11(2)10(7-12)9-5-3-4-6-9/h9-10,12H,3-7H2,1-2H3. The van der Waals surface area contributed by atoms with Gasteiger partial charge in [-0.05, 0) is 18.8 Å². The maximum Gasteiger partial charge on any atom is 0.219 e. The van der Waals surface area contributed by atoms with E-state index < -0.39 is 0 Å². The third kappa shape index (κ3) is 2.44. The molecule has 3 heteroatoms. The third-order valence-corrected chi connectivity index (χ3v) is 3.13. The highest BCUT2D eigenvalue weighted by atomic mass is 16.3. The predicted molar refractivity (Wildman–Crippen MR) is 51.3 cm³/mol. The van der Waals surface area contributed by atoms with Crippen LogP contribution in [-0.4, -0.2) is 35.6 Å². The number of carbonyl (C=O) groups excluding carboxylic acids is 1. The molecule has 3 nitrogen and oxygen atoms in total. The fraction of sp³-hybridized carbons (Fsp3) is 0.900. The van der Waals surface area contributed by atoms with Crippen LogP contribution in [-0.2, 0) is 4.79 Å². The molecular formula is C10H19NO2. The lowest BCUT2D eigenvalue weighted by atomic mass is 9.97. The van der Waals surface area contributed by atoms with Gasteiger partial charge in [-0.25, -0.2) is 0 Å². The van der Waals surface area contributed by atoms with Crippen LogP contribution in [0.4, 0.5) is 0 Å². The molecule has 0 aromatic rings. The van der Waals surface area contributed by atoms with E-state index in [2.05, 4.69) is 0 Å². The Morgan fingerprint density at radius 1 is 1.54 bits per heavy atom. The summed E-state index contributed by atoms with van der Waals surface area (Å²) in [6, 6.07) is 0.0417. The average Bonchev–Trinajstić information content (AvgIpc) is 2.58. The minimum Gasteiger partial charge on any atom is -0.394 e. The second-order valence-electron chi connectivity index (χ2n) is 3.92. The molecule has 0 spiro atoms. The number of likely N-dealkylation sites (N-methyl/N-ethyl adjacent to an activating group) is 1. The molecule has 1 saturated carbocycles. The summed E-state index contributed by atoms with van der Waals surface area (Å²) in [4.78, 5) is 12.8. The number of carbonyl (C=O) groups is 1. The Morgan fingerprint density at radius 3 is 2.46 bits per heavy atom. The van der Waals surface area contributed by atoms with Crippen molar-refractivity contribution in [1.29, 1.82) is 0 Å². The molecule has 0 radical (unpaired) electrons. The van der Waals surface area contributed by atoms with Gasteiger partial charge in [-0.2, -0.15) is 0 Å². The Hall–Kier alpha value is -0.570. The Labute approximate surface area is 79.7 Å². The largest absolute Gasteiger partial charge is 0.394 e. The van der Waals surface area contributed by atoms with E-state index in [1.54, 1.807) is 18.9 Å². The van der Waals surface area contributed by atoms with Crippen molar-refractivity contribution in [2.75, 3.05) is 13.7 Å². The second-order valence-corrected chi connectivity index (χ2v) is 3.92. The van der Waals surface area contributed by atoms with Gasteiger partial charge in [0, 0.05) is 14.0 Å². The zero-order chi connectivity index (χ0) is 9.84. The van der Waals surface area contributed by atoms with Crippen molar-refractivity contribution in [3.8, 4) is 0 Å². The number of aliphatic hydroxyl groups excluding tert-OH is 1. The molecule has 1 rings (SSSR count). The van der Waals surface area contributed by atoms with Crippen LogP contribution in [0, 0.1) is 5.92 Å². The lowest BCUT2D eigenvalue weighted by molar-refractivity contribution is -0.131. The first-order chi connectivity index (χ1) is 6.16. The van der Waals surface area contributed by atoms with E-state index in [9.17, 15) is 9.90 Å². The first-order valence-corrected chi connectivity index (χ1v) is 5.01. The summed E-state index contributed by atoms with van der Waals surface area (Å²) in [7, 11) is 1.78. The number of nitrogens with zero attached hydrogens (tertiary/aromatic N) is 1.